The molecule has 1 N–H and O–H groups in total. The normalized spacial score (nSPS) is 11.8. The molecule has 102 valence electrons. The van der Waals surface area contributed by atoms with Crippen LogP contribution in [-0.4, -0.2) is 13.2 Å². The van der Waals surface area contributed by atoms with E-state index in [2.05, 4.69) is 11.4 Å². The summed E-state index contributed by atoms with van der Waals surface area (Å²) >= 11 is 0. The summed E-state index contributed by atoms with van der Waals surface area (Å²) in [6.07, 6.45) is 0. The number of hydrogen-bond acceptors (Lipinski definition) is 3. The Morgan fingerprint density at radius 3 is 2.30 bits per heavy atom. The Kier molecular flexibility index (Phi) is 5.78. The molecule has 1 unspecified atom stereocenters. The van der Waals surface area contributed by atoms with Gasteiger partial charge in [0.15, 0.2) is 0 Å². The van der Waals surface area contributed by atoms with Gasteiger partial charge in [-0.15, -0.1) is 0 Å². The molecule has 0 aliphatic rings. The molecule has 0 fully saturated rings. The topological polar surface area (TPSA) is 45.0 Å². The fourth-order valence-corrected chi connectivity index (χ4v) is 2.00. The molecule has 1 atom stereocenters. The predicted molar refractivity (Wildman–Crippen MR) is 78.9 cm³/mol. The van der Waals surface area contributed by atoms with Crippen molar-refractivity contribution in [3.63, 3.8) is 0 Å². The molecule has 0 aliphatic carbocycles. The van der Waals surface area contributed by atoms with Gasteiger partial charge in [-0.3, -0.25) is 5.32 Å². The molecule has 3 nitrogen and oxygen atoms in total. The van der Waals surface area contributed by atoms with Crippen LogP contribution in [0.5, 0.6) is 0 Å². The Balaban J connectivity index is 1.90. The van der Waals surface area contributed by atoms with E-state index in [4.69, 9.17) is 10.00 Å². The third-order valence-electron chi connectivity index (χ3n) is 3.03. The molecule has 0 spiro atoms. The van der Waals surface area contributed by atoms with Crippen molar-refractivity contribution in [3.8, 4) is 6.07 Å². The minimum Gasteiger partial charge on any atom is -0.375 e. The zero-order chi connectivity index (χ0) is 14.0. The molecule has 0 heterocycles. The second-order valence-electron chi connectivity index (χ2n) is 4.50. The average molecular weight is 266 g/mol. The molecular formula is C17H18N2O. The van der Waals surface area contributed by atoms with Crippen LogP contribution >= 0.6 is 0 Å². The van der Waals surface area contributed by atoms with Crippen molar-refractivity contribution in [2.75, 3.05) is 13.2 Å². The van der Waals surface area contributed by atoms with Crippen LogP contribution in [0.3, 0.4) is 0 Å². The van der Waals surface area contributed by atoms with Crippen molar-refractivity contribution in [1.29, 1.82) is 5.26 Å². The number of nitriles is 1. The summed E-state index contributed by atoms with van der Waals surface area (Å²) < 4.78 is 5.76. The first-order valence-electron chi connectivity index (χ1n) is 6.67. The summed E-state index contributed by atoms with van der Waals surface area (Å²) in [5.41, 5.74) is 2.29. The minimum atomic E-state index is 0.0413. The molecule has 0 aromatic heterocycles. The van der Waals surface area contributed by atoms with Crippen LogP contribution < -0.4 is 5.32 Å². The van der Waals surface area contributed by atoms with Crippen molar-refractivity contribution < 1.29 is 4.74 Å². The second-order valence-corrected chi connectivity index (χ2v) is 4.50. The van der Waals surface area contributed by atoms with E-state index in [0.717, 1.165) is 11.1 Å². The van der Waals surface area contributed by atoms with Crippen LogP contribution in [0, 0.1) is 11.3 Å². The Bertz CT molecular complexity index is 534. The molecule has 2 rings (SSSR count). The molecule has 0 amide bonds. The molecular weight excluding hydrogens is 248 g/mol. The second kappa shape index (κ2) is 8.11. The van der Waals surface area contributed by atoms with Gasteiger partial charge in [-0.1, -0.05) is 60.7 Å². The van der Waals surface area contributed by atoms with Crippen molar-refractivity contribution in [2.45, 2.75) is 12.6 Å². The highest BCUT2D eigenvalue weighted by atomic mass is 16.5. The first-order chi connectivity index (χ1) is 9.90. The predicted octanol–water partition coefficient (Wildman–Crippen LogP) is 3.06. The van der Waals surface area contributed by atoms with E-state index in [0.29, 0.717) is 19.8 Å². The lowest BCUT2D eigenvalue weighted by Gasteiger charge is -2.17. The lowest BCUT2D eigenvalue weighted by molar-refractivity contribution is 0.0996. The van der Waals surface area contributed by atoms with Crippen LogP contribution in [-0.2, 0) is 11.3 Å². The van der Waals surface area contributed by atoms with E-state index in [-0.39, 0.29) is 6.04 Å². The summed E-state index contributed by atoms with van der Waals surface area (Å²) in [5, 5.41) is 11.9. The molecule has 0 aliphatic heterocycles. The van der Waals surface area contributed by atoms with E-state index < -0.39 is 0 Å². The lowest BCUT2D eigenvalue weighted by Crippen LogP contribution is -2.25. The van der Waals surface area contributed by atoms with Crippen LogP contribution in [0.1, 0.15) is 17.2 Å². The Morgan fingerprint density at radius 1 is 1.00 bits per heavy atom. The van der Waals surface area contributed by atoms with Crippen LogP contribution in [0.4, 0.5) is 0 Å². The van der Waals surface area contributed by atoms with Crippen molar-refractivity contribution in [3.05, 3.63) is 71.8 Å². The number of ether oxygens (including phenoxy) is 1. The molecule has 2 aromatic carbocycles. The van der Waals surface area contributed by atoms with Crippen molar-refractivity contribution >= 4 is 0 Å². The van der Waals surface area contributed by atoms with Gasteiger partial charge in [0, 0.05) is 0 Å². The standard InChI is InChI=1S/C17H18N2O/c18-11-12-19-17(16-9-5-2-6-10-16)14-20-13-15-7-3-1-4-8-15/h1-10,17,19H,12-14H2. The molecule has 20 heavy (non-hydrogen) atoms. The lowest BCUT2D eigenvalue weighted by atomic mass is 10.1. The monoisotopic (exact) mass is 266 g/mol. The zero-order valence-corrected chi connectivity index (χ0v) is 11.3. The van der Waals surface area contributed by atoms with E-state index >= 15 is 0 Å². The van der Waals surface area contributed by atoms with Gasteiger partial charge in [0.25, 0.3) is 0 Å². The van der Waals surface area contributed by atoms with E-state index in [1.54, 1.807) is 0 Å². The highest BCUT2D eigenvalue weighted by Crippen LogP contribution is 2.13. The summed E-state index contributed by atoms with van der Waals surface area (Å²) in [7, 11) is 0. The SMILES string of the molecule is N#CCNC(COCc1ccccc1)c1ccccc1. The van der Waals surface area contributed by atoms with Crippen LogP contribution in [0.15, 0.2) is 60.7 Å². The molecule has 0 saturated carbocycles. The number of nitrogens with zero attached hydrogens (tertiary/aromatic N) is 1. The Morgan fingerprint density at radius 2 is 1.65 bits per heavy atom. The fourth-order valence-electron chi connectivity index (χ4n) is 2.00. The van der Waals surface area contributed by atoms with Gasteiger partial charge in [0.1, 0.15) is 0 Å². The van der Waals surface area contributed by atoms with Gasteiger partial charge >= 0.3 is 0 Å². The van der Waals surface area contributed by atoms with Crippen molar-refractivity contribution in [1.82, 2.24) is 5.32 Å². The number of rotatable bonds is 7. The van der Waals surface area contributed by atoms with Gasteiger partial charge in [-0.05, 0) is 11.1 Å². The summed E-state index contributed by atoms with van der Waals surface area (Å²) in [4.78, 5) is 0. The third-order valence-corrected chi connectivity index (χ3v) is 3.03. The minimum absolute atomic E-state index is 0.0413. The molecule has 0 bridgehead atoms. The highest BCUT2D eigenvalue weighted by molar-refractivity contribution is 5.19. The first-order valence-corrected chi connectivity index (χ1v) is 6.67. The summed E-state index contributed by atoms with van der Waals surface area (Å²) in [6, 6.07) is 22.3. The number of hydrogen-bond donors (Lipinski definition) is 1. The number of benzene rings is 2. The van der Waals surface area contributed by atoms with Gasteiger partial charge < -0.3 is 4.74 Å². The summed E-state index contributed by atoms with van der Waals surface area (Å²) in [5.74, 6) is 0. The van der Waals surface area contributed by atoms with Crippen LogP contribution in [0.2, 0.25) is 0 Å². The molecule has 2 aromatic rings. The number of nitrogens with one attached hydrogen (secondary N) is 1. The Hall–Kier alpha value is -2.15. The molecule has 3 heteroatoms. The maximum atomic E-state index is 8.71. The maximum absolute atomic E-state index is 8.71. The van der Waals surface area contributed by atoms with Gasteiger partial charge in [0.2, 0.25) is 0 Å². The highest BCUT2D eigenvalue weighted by Gasteiger charge is 2.10. The van der Waals surface area contributed by atoms with E-state index in [1.165, 1.54) is 0 Å². The van der Waals surface area contributed by atoms with Crippen molar-refractivity contribution in [2.24, 2.45) is 0 Å². The Labute approximate surface area is 119 Å². The molecule has 0 saturated heterocycles. The van der Waals surface area contributed by atoms with Crippen LogP contribution in [0.25, 0.3) is 0 Å². The van der Waals surface area contributed by atoms with E-state index in [1.807, 2.05) is 60.7 Å². The average Bonchev–Trinajstić information content (AvgIpc) is 2.52. The van der Waals surface area contributed by atoms with Gasteiger partial charge in [-0.2, -0.15) is 5.26 Å². The van der Waals surface area contributed by atoms with Gasteiger partial charge in [0.05, 0.1) is 31.9 Å². The first kappa shape index (κ1) is 14.3. The largest absolute Gasteiger partial charge is 0.375 e. The quantitative estimate of drug-likeness (QED) is 0.783. The summed E-state index contributed by atoms with van der Waals surface area (Å²) in [6.45, 7) is 1.44. The fraction of sp³-hybridized carbons (Fsp3) is 0.235. The van der Waals surface area contributed by atoms with Gasteiger partial charge in [-0.25, -0.2) is 0 Å². The maximum Gasteiger partial charge on any atom is 0.0846 e. The smallest absolute Gasteiger partial charge is 0.0846 e. The third kappa shape index (κ3) is 4.51. The zero-order valence-electron chi connectivity index (χ0n) is 11.3. The van der Waals surface area contributed by atoms with E-state index in [9.17, 15) is 0 Å². The molecule has 0 radical (unpaired) electrons.